The molecule has 0 bridgehead atoms. The smallest absolute Gasteiger partial charge is 0.323 e. The van der Waals surface area contributed by atoms with Gasteiger partial charge in [-0.15, -0.1) is 0 Å². The Morgan fingerprint density at radius 1 is 0.634 bits per heavy atom. The highest BCUT2D eigenvalue weighted by molar-refractivity contribution is 6.32. The molecule has 0 fully saturated rings. The first kappa shape index (κ1) is 53.4. The average molecular weight is 1010 g/mol. The van der Waals surface area contributed by atoms with Gasteiger partial charge in [0.15, 0.2) is 0 Å². The van der Waals surface area contributed by atoms with Gasteiger partial charge in [-0.05, 0) is 85.3 Å². The minimum atomic E-state index is -1.24. The zero-order valence-electron chi connectivity index (χ0n) is 39.8. The summed E-state index contributed by atoms with van der Waals surface area (Å²) in [6.45, 7) is 7.37. The van der Waals surface area contributed by atoms with Gasteiger partial charge in [-0.25, -0.2) is 0 Å². The predicted molar refractivity (Wildman–Crippen MR) is 271 cm³/mol. The molecule has 18 heteroatoms. The van der Waals surface area contributed by atoms with Gasteiger partial charge in [0.05, 0.1) is 22.3 Å². The standard InChI is InChI=1S/C53H56Cl2N6O10/c1-30-38(28-70-48-16-46(68-26-36-12-34(18-56)20-58-22-36)40(14-44(48)54)24-60-50(32(3)62)52(64)65)8-6-10-42(30)43-11-7-9-39(31(43)2)29-71-49-17-47(69-27-37-13-35(19-57-5)21-59-23-37)41(15-45(49)55)25-61-51(33(4)63)53(66)67/h6-23,32-33,50-51,56,60-63H,24-29H2,1-5H3,(H,64,65)(H,66,67)/t32-,33-,50-,51-/m1/s1. The van der Waals surface area contributed by atoms with E-state index in [0.717, 1.165) is 44.5 Å². The van der Waals surface area contributed by atoms with Crippen molar-refractivity contribution in [3.8, 4) is 34.1 Å². The predicted octanol–water partition coefficient (Wildman–Crippen LogP) is 8.28. The molecule has 0 unspecified atom stereocenters. The normalized spacial score (nSPS) is 13.0. The van der Waals surface area contributed by atoms with E-state index >= 15 is 0 Å². The number of aliphatic carboxylic acids is 2. The average Bonchev–Trinajstić information content (AvgIpc) is 3.33. The van der Waals surface area contributed by atoms with Crippen molar-refractivity contribution < 1.29 is 49.0 Å². The molecule has 372 valence electrons. The fourth-order valence-electron chi connectivity index (χ4n) is 7.65. The number of carbonyl (C=O) groups is 2. The van der Waals surface area contributed by atoms with E-state index in [1.165, 1.54) is 20.1 Å². The zero-order chi connectivity index (χ0) is 51.2. The SMILES string of the molecule is CN=Cc1cncc(COc2cc(OCc3cccc(-c4cccc(COc5cc(OCc6cncc(C=N)c6)c(CN[C@@H](C(=O)O)[C@@H](C)O)cc5Cl)c4C)c3C)c(Cl)cc2CN[C@@H](C(=O)O)[C@@H](C)O)c1. The quantitative estimate of drug-likeness (QED) is 0.0267. The van der Waals surface area contributed by atoms with E-state index in [0.29, 0.717) is 45.3 Å². The van der Waals surface area contributed by atoms with Gasteiger partial charge in [0.2, 0.25) is 0 Å². The highest BCUT2D eigenvalue weighted by Crippen LogP contribution is 2.37. The maximum absolute atomic E-state index is 11.8. The van der Waals surface area contributed by atoms with Crippen LogP contribution in [0.2, 0.25) is 10.0 Å². The van der Waals surface area contributed by atoms with Crippen LogP contribution in [-0.4, -0.2) is 86.1 Å². The molecule has 6 aromatic rings. The van der Waals surface area contributed by atoms with Gasteiger partial charge in [-0.3, -0.25) is 35.2 Å². The third-order valence-electron chi connectivity index (χ3n) is 11.6. The maximum Gasteiger partial charge on any atom is 0.323 e. The molecular weight excluding hydrogens is 952 g/mol. The number of nitrogens with one attached hydrogen (secondary N) is 3. The van der Waals surface area contributed by atoms with Crippen LogP contribution in [0.4, 0.5) is 0 Å². The fraction of sp³-hybridized carbons (Fsp3) is 0.283. The van der Waals surface area contributed by atoms with Crippen molar-refractivity contribution in [2.24, 2.45) is 4.99 Å². The Kier molecular flexibility index (Phi) is 19.0. The Bertz CT molecular complexity index is 2880. The van der Waals surface area contributed by atoms with Crippen LogP contribution in [0, 0.1) is 19.3 Å². The summed E-state index contributed by atoms with van der Waals surface area (Å²) < 4.78 is 25.2. The van der Waals surface area contributed by atoms with Crippen molar-refractivity contribution in [2.75, 3.05) is 7.05 Å². The fourth-order valence-corrected chi connectivity index (χ4v) is 8.14. The molecule has 2 heterocycles. The summed E-state index contributed by atoms with van der Waals surface area (Å²) in [5, 5.41) is 53.4. The lowest BCUT2D eigenvalue weighted by Gasteiger charge is -2.20. The van der Waals surface area contributed by atoms with Crippen LogP contribution in [-0.2, 0) is 49.1 Å². The van der Waals surface area contributed by atoms with Gasteiger partial charge < -0.3 is 44.8 Å². The van der Waals surface area contributed by atoms with Crippen LogP contribution in [0.15, 0.2) is 103 Å². The first-order valence-electron chi connectivity index (χ1n) is 22.5. The molecule has 2 aromatic heterocycles. The molecule has 7 N–H and O–H groups in total. The lowest BCUT2D eigenvalue weighted by Crippen LogP contribution is -2.44. The molecule has 0 aliphatic carbocycles. The van der Waals surface area contributed by atoms with E-state index in [1.54, 1.807) is 68.4 Å². The number of nitrogens with zero attached hydrogens (tertiary/aromatic N) is 3. The molecule has 6 rings (SSSR count). The van der Waals surface area contributed by atoms with Gasteiger partial charge in [0.25, 0.3) is 0 Å². The number of rotatable bonds is 25. The minimum absolute atomic E-state index is 0.0125. The van der Waals surface area contributed by atoms with Crippen molar-refractivity contribution in [2.45, 2.75) is 91.5 Å². The molecule has 71 heavy (non-hydrogen) atoms. The highest BCUT2D eigenvalue weighted by Gasteiger charge is 2.25. The van der Waals surface area contributed by atoms with E-state index in [2.05, 4.69) is 25.6 Å². The molecule has 16 nitrogen and oxygen atoms in total. The Hall–Kier alpha value is -6.92. The zero-order valence-corrected chi connectivity index (χ0v) is 41.3. The number of carboxylic acid groups (broad SMARTS) is 2. The molecule has 0 aliphatic heterocycles. The van der Waals surface area contributed by atoms with E-state index in [9.17, 15) is 30.0 Å². The summed E-state index contributed by atoms with van der Waals surface area (Å²) in [4.78, 5) is 36.2. The summed E-state index contributed by atoms with van der Waals surface area (Å²) in [6, 6.07) is 19.7. The summed E-state index contributed by atoms with van der Waals surface area (Å²) in [5.41, 5.74) is 9.64. The molecule has 0 radical (unpaired) electrons. The van der Waals surface area contributed by atoms with Crippen molar-refractivity contribution >= 4 is 47.6 Å². The van der Waals surface area contributed by atoms with Crippen LogP contribution < -0.4 is 29.6 Å². The van der Waals surface area contributed by atoms with Crippen LogP contribution in [0.25, 0.3) is 11.1 Å². The number of aromatic nitrogens is 2. The van der Waals surface area contributed by atoms with E-state index in [4.69, 9.17) is 47.6 Å². The maximum atomic E-state index is 11.8. The van der Waals surface area contributed by atoms with Crippen LogP contribution in [0.1, 0.15) is 69.5 Å². The highest BCUT2D eigenvalue weighted by atomic mass is 35.5. The first-order chi connectivity index (χ1) is 34.1. The number of hydrogen-bond donors (Lipinski definition) is 7. The van der Waals surface area contributed by atoms with Crippen LogP contribution in [0.3, 0.4) is 0 Å². The van der Waals surface area contributed by atoms with E-state index in [1.807, 2.05) is 56.3 Å². The molecule has 0 amide bonds. The minimum Gasteiger partial charge on any atom is -0.488 e. The van der Waals surface area contributed by atoms with Crippen molar-refractivity contribution in [1.82, 2.24) is 20.6 Å². The third kappa shape index (κ3) is 14.3. The van der Waals surface area contributed by atoms with E-state index in [-0.39, 0.29) is 49.6 Å². The van der Waals surface area contributed by atoms with Crippen molar-refractivity contribution in [3.63, 3.8) is 0 Å². The van der Waals surface area contributed by atoms with Crippen molar-refractivity contribution in [1.29, 1.82) is 5.41 Å². The Labute approximate surface area is 421 Å². The number of benzene rings is 4. The summed E-state index contributed by atoms with van der Waals surface area (Å²) in [5.74, 6) is -0.979. The monoisotopic (exact) mass is 1010 g/mol. The second kappa shape index (κ2) is 25.3. The number of carboxylic acids is 2. The van der Waals surface area contributed by atoms with Crippen LogP contribution >= 0.6 is 23.2 Å². The topological polar surface area (TPSA) is 238 Å². The van der Waals surface area contributed by atoms with Crippen LogP contribution in [0.5, 0.6) is 23.0 Å². The second-order valence-electron chi connectivity index (χ2n) is 16.8. The van der Waals surface area contributed by atoms with Crippen molar-refractivity contribution in [3.05, 3.63) is 163 Å². The first-order valence-corrected chi connectivity index (χ1v) is 23.2. The summed E-state index contributed by atoms with van der Waals surface area (Å²) in [6.07, 6.45) is 7.08. The molecule has 0 saturated heterocycles. The van der Waals surface area contributed by atoms with Gasteiger partial charge >= 0.3 is 11.9 Å². The Balaban J connectivity index is 1.21. The van der Waals surface area contributed by atoms with Gasteiger partial charge in [0.1, 0.15) is 61.5 Å². The summed E-state index contributed by atoms with van der Waals surface area (Å²) >= 11 is 13.6. The number of aliphatic imine (C=N–C) groups is 1. The molecule has 4 aromatic carbocycles. The Morgan fingerprint density at radius 2 is 1.06 bits per heavy atom. The number of hydrogen-bond acceptors (Lipinski definition) is 14. The molecule has 0 spiro atoms. The molecule has 0 saturated carbocycles. The number of aliphatic hydroxyl groups excluding tert-OH is 2. The van der Waals surface area contributed by atoms with Gasteiger partial charge in [0, 0.05) is 103 Å². The number of ether oxygens (including phenoxy) is 4. The largest absolute Gasteiger partial charge is 0.488 e. The number of halogens is 2. The van der Waals surface area contributed by atoms with Gasteiger partial charge in [-0.1, -0.05) is 59.6 Å². The lowest BCUT2D eigenvalue weighted by atomic mass is 9.92. The molecule has 0 aliphatic rings. The Morgan fingerprint density at radius 3 is 1.46 bits per heavy atom. The number of aliphatic hydroxyl groups is 2. The second-order valence-corrected chi connectivity index (χ2v) is 17.6. The van der Waals surface area contributed by atoms with E-state index < -0.39 is 36.2 Å². The number of pyridine rings is 2. The molecular formula is C53H56Cl2N6O10. The molecule has 4 atom stereocenters. The van der Waals surface area contributed by atoms with Gasteiger partial charge in [-0.2, -0.15) is 0 Å². The summed E-state index contributed by atoms with van der Waals surface area (Å²) in [7, 11) is 1.67. The lowest BCUT2D eigenvalue weighted by molar-refractivity contribution is -0.143. The third-order valence-corrected chi connectivity index (χ3v) is 12.2.